The fourth-order valence-corrected chi connectivity index (χ4v) is 7.26. The fourth-order valence-electron chi connectivity index (χ4n) is 7.26. The zero-order chi connectivity index (χ0) is 29.0. The normalized spacial score (nSPS) is 27.7. The predicted molar refractivity (Wildman–Crippen MR) is 149 cm³/mol. The van der Waals surface area contributed by atoms with Crippen LogP contribution in [0.15, 0.2) is 94.2 Å². The maximum Gasteiger partial charge on any atom is 0.168 e. The van der Waals surface area contributed by atoms with Gasteiger partial charge in [0.05, 0.1) is 5.54 Å². The molecule has 0 amide bonds. The number of carbonyl (C=O) groups excluding carboxylic acids is 1. The van der Waals surface area contributed by atoms with Crippen LogP contribution in [-0.2, 0) is 4.79 Å². The number of Topliss-reactive ketones (excluding diaryl/α,β-unsaturated/α-hetero) is 1. The Kier molecular flexibility index (Phi) is 8.24. The van der Waals surface area contributed by atoms with E-state index in [0.29, 0.717) is 38.5 Å². The molecule has 0 aromatic heterocycles. The van der Waals surface area contributed by atoms with Crippen LogP contribution in [0.3, 0.4) is 0 Å². The molecule has 3 aromatic rings. The van der Waals surface area contributed by atoms with Gasteiger partial charge in [0.1, 0.15) is 17.7 Å². The zero-order valence-electron chi connectivity index (χ0n) is 22.8. The summed E-state index contributed by atoms with van der Waals surface area (Å²) in [6.45, 7) is 0. The summed E-state index contributed by atoms with van der Waals surface area (Å²) < 4.78 is 27.3. The van der Waals surface area contributed by atoms with E-state index in [0.717, 1.165) is 23.1 Å². The molecule has 3 unspecified atom stereocenters. The summed E-state index contributed by atoms with van der Waals surface area (Å²) in [5, 5.41) is 11.5. The average molecular weight is 557 g/mol. The molecule has 41 heavy (non-hydrogen) atoms. The molecule has 0 bridgehead atoms. The highest BCUT2D eigenvalue weighted by molar-refractivity contribution is 5.95. The molecule has 9 heteroatoms. The molecule has 3 atom stereocenters. The van der Waals surface area contributed by atoms with E-state index < -0.39 is 23.0 Å². The third kappa shape index (κ3) is 5.37. The lowest BCUT2D eigenvalue weighted by Crippen LogP contribution is -2.43. The summed E-state index contributed by atoms with van der Waals surface area (Å²) in [5.41, 5.74) is 25.1. The van der Waals surface area contributed by atoms with Crippen LogP contribution < -0.4 is 0 Å². The van der Waals surface area contributed by atoms with Crippen LogP contribution in [-0.4, -0.2) is 23.4 Å². The van der Waals surface area contributed by atoms with Crippen molar-refractivity contribution < 1.29 is 13.6 Å². The fraction of sp³-hybridized carbons (Fsp3) is 0.406. The van der Waals surface area contributed by atoms with Gasteiger partial charge in [-0.05, 0) is 79.5 Å². The number of hydrogen-bond donors (Lipinski definition) is 3. The molecule has 0 aliphatic heterocycles. The molecule has 2 fully saturated rings. The van der Waals surface area contributed by atoms with Crippen LogP contribution in [0.25, 0.3) is 0 Å². The number of benzene rings is 3. The van der Waals surface area contributed by atoms with E-state index in [1.54, 1.807) is 24.3 Å². The number of carbonyl (C=O) groups is 1. The van der Waals surface area contributed by atoms with Crippen molar-refractivity contribution in [2.24, 2.45) is 20.8 Å². The standard InChI is InChI=1S/C32H34F2N6O/c33-24-12-8-21(9-13-24)26(22-10-14-25(34)15-11-22)7-4-16-31(40-37)17-19-32(20-18-31)27(23-5-2-1-3-6-23)28(38-35)29(39-36)30(32)41/h1-3,5-6,8-15,26-29,35-37H,4,7,16-20H2. The van der Waals surface area contributed by atoms with E-state index >= 15 is 0 Å². The van der Waals surface area contributed by atoms with Crippen molar-refractivity contribution in [2.75, 3.05) is 0 Å². The molecule has 3 aromatic carbocycles. The van der Waals surface area contributed by atoms with Crippen LogP contribution >= 0.6 is 0 Å². The number of ketones is 1. The number of nitrogens with one attached hydrogen (secondary N) is 3. The van der Waals surface area contributed by atoms with Gasteiger partial charge in [0.2, 0.25) is 0 Å². The van der Waals surface area contributed by atoms with Crippen molar-refractivity contribution in [3.05, 3.63) is 107 Å². The van der Waals surface area contributed by atoms with Crippen LogP contribution in [0, 0.1) is 33.6 Å². The number of halogens is 2. The van der Waals surface area contributed by atoms with Crippen molar-refractivity contribution in [3.8, 4) is 0 Å². The molecule has 2 aliphatic carbocycles. The summed E-state index contributed by atoms with van der Waals surface area (Å²) in [6, 6.07) is 20.7. The lowest BCUT2D eigenvalue weighted by Gasteiger charge is -2.44. The molecule has 5 rings (SSSR count). The van der Waals surface area contributed by atoms with Gasteiger partial charge in [-0.15, -0.1) is 0 Å². The Morgan fingerprint density at radius 3 is 1.83 bits per heavy atom. The quantitative estimate of drug-likeness (QED) is 0.212. The third-order valence-corrected chi connectivity index (χ3v) is 9.46. The molecule has 3 N–H and O–H groups in total. The van der Waals surface area contributed by atoms with Crippen molar-refractivity contribution in [2.45, 2.75) is 74.4 Å². The first-order chi connectivity index (χ1) is 19.9. The molecule has 2 aliphatic rings. The molecule has 2 saturated carbocycles. The molecule has 0 radical (unpaired) electrons. The van der Waals surface area contributed by atoms with Crippen molar-refractivity contribution >= 4 is 5.78 Å². The van der Waals surface area contributed by atoms with Gasteiger partial charge >= 0.3 is 0 Å². The monoisotopic (exact) mass is 556 g/mol. The van der Waals surface area contributed by atoms with Crippen LogP contribution in [0.1, 0.15) is 73.5 Å². The van der Waals surface area contributed by atoms with Gasteiger partial charge in [-0.25, -0.2) is 25.4 Å². The summed E-state index contributed by atoms with van der Waals surface area (Å²) in [5.74, 6) is -1.17. The van der Waals surface area contributed by atoms with Crippen LogP contribution in [0.2, 0.25) is 0 Å². The van der Waals surface area contributed by atoms with Crippen LogP contribution in [0.5, 0.6) is 0 Å². The Bertz CT molecular complexity index is 1340. The number of hydrogen-bond acceptors (Lipinski definition) is 7. The van der Waals surface area contributed by atoms with Gasteiger partial charge in [0.25, 0.3) is 0 Å². The molecule has 7 nitrogen and oxygen atoms in total. The lowest BCUT2D eigenvalue weighted by atomic mass is 9.60. The van der Waals surface area contributed by atoms with Gasteiger partial charge in [0.15, 0.2) is 11.8 Å². The van der Waals surface area contributed by atoms with E-state index in [-0.39, 0.29) is 29.3 Å². The maximum atomic E-state index is 13.7. The van der Waals surface area contributed by atoms with Crippen molar-refractivity contribution in [3.63, 3.8) is 0 Å². The summed E-state index contributed by atoms with van der Waals surface area (Å²) >= 11 is 0. The number of rotatable bonds is 10. The Labute approximate surface area is 238 Å². The maximum absolute atomic E-state index is 13.7. The zero-order valence-corrected chi connectivity index (χ0v) is 22.8. The third-order valence-electron chi connectivity index (χ3n) is 9.46. The number of nitrogens with zero attached hydrogens (tertiary/aromatic N) is 3. The first-order valence-corrected chi connectivity index (χ1v) is 14.1. The minimum Gasteiger partial charge on any atom is -0.296 e. The first kappa shape index (κ1) is 28.5. The molecule has 1 spiro atoms. The minimum atomic E-state index is -0.967. The molecular formula is C32H34F2N6O. The van der Waals surface area contributed by atoms with Gasteiger partial charge in [-0.3, -0.25) is 4.79 Å². The highest BCUT2D eigenvalue weighted by Gasteiger charge is 2.63. The highest BCUT2D eigenvalue weighted by atomic mass is 19.1. The molecular weight excluding hydrogens is 522 g/mol. The van der Waals surface area contributed by atoms with Gasteiger partial charge in [0, 0.05) is 17.3 Å². The Morgan fingerprint density at radius 2 is 1.34 bits per heavy atom. The van der Waals surface area contributed by atoms with Crippen molar-refractivity contribution in [1.82, 2.24) is 0 Å². The molecule has 212 valence electrons. The highest BCUT2D eigenvalue weighted by Crippen LogP contribution is 2.59. The van der Waals surface area contributed by atoms with E-state index in [1.165, 1.54) is 24.3 Å². The summed E-state index contributed by atoms with van der Waals surface area (Å²) in [7, 11) is 0. The smallest absolute Gasteiger partial charge is 0.168 e. The van der Waals surface area contributed by atoms with Gasteiger partial charge in [-0.2, -0.15) is 15.3 Å². The second-order valence-corrected chi connectivity index (χ2v) is 11.5. The first-order valence-electron chi connectivity index (χ1n) is 14.1. The Morgan fingerprint density at radius 1 is 0.780 bits per heavy atom. The van der Waals surface area contributed by atoms with Gasteiger partial charge in [-0.1, -0.05) is 61.0 Å². The molecule has 0 saturated heterocycles. The summed E-state index contributed by atoms with van der Waals surface area (Å²) in [4.78, 5) is 13.7. The molecule has 0 heterocycles. The van der Waals surface area contributed by atoms with Crippen LogP contribution in [0.4, 0.5) is 8.78 Å². The average Bonchev–Trinajstić information content (AvgIpc) is 3.24. The lowest BCUT2D eigenvalue weighted by molar-refractivity contribution is -0.129. The second kappa shape index (κ2) is 11.8. The van der Waals surface area contributed by atoms with E-state index in [2.05, 4.69) is 15.3 Å². The van der Waals surface area contributed by atoms with E-state index in [9.17, 15) is 13.6 Å². The SMILES string of the molecule is N=NC1C(=O)C2(CCC(CCCC(c3ccc(F)cc3)c3ccc(F)cc3)(N=N)CC2)C(c2ccccc2)C1N=N. The second-order valence-electron chi connectivity index (χ2n) is 11.5. The summed E-state index contributed by atoms with van der Waals surface area (Å²) in [6.07, 6.45) is 4.16. The predicted octanol–water partition coefficient (Wildman–Crippen LogP) is 8.76. The van der Waals surface area contributed by atoms with E-state index in [4.69, 9.17) is 16.6 Å². The Balaban J connectivity index is 1.34. The minimum absolute atomic E-state index is 0.0633. The van der Waals surface area contributed by atoms with Crippen molar-refractivity contribution in [1.29, 1.82) is 16.6 Å². The van der Waals surface area contributed by atoms with Gasteiger partial charge < -0.3 is 0 Å². The Hall–Kier alpha value is -4.01. The van der Waals surface area contributed by atoms with E-state index in [1.807, 2.05) is 30.3 Å². The topological polar surface area (TPSA) is 126 Å². The largest absolute Gasteiger partial charge is 0.296 e.